The van der Waals surface area contributed by atoms with Crippen molar-refractivity contribution in [3.63, 3.8) is 0 Å². The Morgan fingerprint density at radius 2 is 1.83 bits per heavy atom. The standard InChI is InChI=1S/C14H23N3O/c15-5-2-6-16-7-9-17(10-8-16)12-13-3-1-4-14(18)11-13/h1,3-4,11,18H,2,5-10,12,15H2. The van der Waals surface area contributed by atoms with E-state index in [1.165, 1.54) is 5.56 Å². The van der Waals surface area contributed by atoms with E-state index in [-0.39, 0.29) is 0 Å². The smallest absolute Gasteiger partial charge is 0.115 e. The maximum absolute atomic E-state index is 9.44. The first-order valence-electron chi connectivity index (χ1n) is 6.70. The SMILES string of the molecule is NCCCN1CCN(Cc2cccc(O)c2)CC1. The fourth-order valence-electron chi connectivity index (χ4n) is 2.40. The fraction of sp³-hybridized carbons (Fsp3) is 0.571. The van der Waals surface area contributed by atoms with E-state index in [1.54, 1.807) is 6.07 Å². The number of nitrogens with zero attached hydrogens (tertiary/aromatic N) is 2. The number of hydrogen-bond donors (Lipinski definition) is 2. The number of phenols is 1. The molecule has 3 N–H and O–H groups in total. The Labute approximate surface area is 109 Å². The van der Waals surface area contributed by atoms with Crippen LogP contribution in [0.25, 0.3) is 0 Å². The quantitative estimate of drug-likeness (QED) is 0.812. The molecule has 0 bridgehead atoms. The summed E-state index contributed by atoms with van der Waals surface area (Å²) in [4.78, 5) is 4.92. The van der Waals surface area contributed by atoms with Crippen LogP contribution in [0.4, 0.5) is 0 Å². The summed E-state index contributed by atoms with van der Waals surface area (Å²) in [6.45, 7) is 7.27. The van der Waals surface area contributed by atoms with Gasteiger partial charge in [0.1, 0.15) is 5.75 Å². The predicted octanol–water partition coefficient (Wildman–Crippen LogP) is 0.859. The second kappa shape index (κ2) is 6.73. The summed E-state index contributed by atoms with van der Waals surface area (Å²) < 4.78 is 0. The third-order valence-corrected chi connectivity index (χ3v) is 3.46. The van der Waals surface area contributed by atoms with Crippen LogP contribution in [0.15, 0.2) is 24.3 Å². The van der Waals surface area contributed by atoms with Gasteiger partial charge in [-0.05, 0) is 37.2 Å². The topological polar surface area (TPSA) is 52.7 Å². The molecule has 0 spiro atoms. The number of benzene rings is 1. The molecule has 100 valence electrons. The molecule has 1 saturated heterocycles. The minimum Gasteiger partial charge on any atom is -0.508 e. The van der Waals surface area contributed by atoms with Gasteiger partial charge in [-0.1, -0.05) is 12.1 Å². The largest absolute Gasteiger partial charge is 0.508 e. The molecule has 0 amide bonds. The molecule has 4 heteroatoms. The Hall–Kier alpha value is -1.10. The van der Waals surface area contributed by atoms with Crippen molar-refractivity contribution in [2.75, 3.05) is 39.3 Å². The van der Waals surface area contributed by atoms with E-state index in [4.69, 9.17) is 5.73 Å². The first kappa shape index (κ1) is 13.3. The number of hydrogen-bond acceptors (Lipinski definition) is 4. The van der Waals surface area contributed by atoms with E-state index in [9.17, 15) is 5.11 Å². The van der Waals surface area contributed by atoms with Gasteiger partial charge in [0, 0.05) is 32.7 Å². The lowest BCUT2D eigenvalue weighted by atomic mass is 10.2. The molecule has 2 rings (SSSR count). The molecule has 0 atom stereocenters. The van der Waals surface area contributed by atoms with Crippen LogP contribution in [0, 0.1) is 0 Å². The summed E-state index contributed by atoms with van der Waals surface area (Å²) in [7, 11) is 0. The normalized spacial score (nSPS) is 18.1. The molecular weight excluding hydrogens is 226 g/mol. The van der Waals surface area contributed by atoms with Crippen molar-refractivity contribution in [2.45, 2.75) is 13.0 Å². The molecule has 1 aliphatic rings. The average molecular weight is 249 g/mol. The summed E-state index contributed by atoms with van der Waals surface area (Å²) in [6.07, 6.45) is 1.09. The Balaban J connectivity index is 1.76. The van der Waals surface area contributed by atoms with Gasteiger partial charge in [-0.2, -0.15) is 0 Å². The van der Waals surface area contributed by atoms with Crippen LogP contribution in [-0.4, -0.2) is 54.2 Å². The lowest BCUT2D eigenvalue weighted by Crippen LogP contribution is -2.46. The van der Waals surface area contributed by atoms with E-state index < -0.39 is 0 Å². The second-order valence-corrected chi connectivity index (χ2v) is 4.93. The minimum atomic E-state index is 0.356. The highest BCUT2D eigenvalue weighted by atomic mass is 16.3. The van der Waals surface area contributed by atoms with Gasteiger partial charge >= 0.3 is 0 Å². The molecule has 0 saturated carbocycles. The molecule has 0 aliphatic carbocycles. The highest BCUT2D eigenvalue weighted by Crippen LogP contribution is 2.14. The third kappa shape index (κ3) is 3.98. The maximum atomic E-state index is 9.44. The monoisotopic (exact) mass is 249 g/mol. The van der Waals surface area contributed by atoms with Gasteiger partial charge in [-0.15, -0.1) is 0 Å². The minimum absolute atomic E-state index is 0.356. The fourth-order valence-corrected chi connectivity index (χ4v) is 2.40. The Morgan fingerprint density at radius 3 is 2.50 bits per heavy atom. The van der Waals surface area contributed by atoms with E-state index in [1.807, 2.05) is 12.1 Å². The zero-order chi connectivity index (χ0) is 12.8. The maximum Gasteiger partial charge on any atom is 0.115 e. The van der Waals surface area contributed by atoms with E-state index in [2.05, 4.69) is 15.9 Å². The third-order valence-electron chi connectivity index (χ3n) is 3.46. The molecule has 0 unspecified atom stereocenters. The first-order valence-corrected chi connectivity index (χ1v) is 6.70. The molecule has 1 aliphatic heterocycles. The van der Waals surface area contributed by atoms with Crippen LogP contribution in [0.1, 0.15) is 12.0 Å². The molecule has 0 radical (unpaired) electrons. The molecular formula is C14H23N3O. The van der Waals surface area contributed by atoms with Crippen molar-refractivity contribution < 1.29 is 5.11 Å². The van der Waals surface area contributed by atoms with Crippen molar-refractivity contribution in [3.8, 4) is 5.75 Å². The molecule has 4 nitrogen and oxygen atoms in total. The molecule has 1 aromatic carbocycles. The summed E-state index contributed by atoms with van der Waals surface area (Å²) in [5.74, 6) is 0.356. The summed E-state index contributed by atoms with van der Waals surface area (Å²) >= 11 is 0. The van der Waals surface area contributed by atoms with E-state index in [0.29, 0.717) is 5.75 Å². The summed E-state index contributed by atoms with van der Waals surface area (Å²) in [5, 5.41) is 9.44. The molecule has 18 heavy (non-hydrogen) atoms. The van der Waals surface area contributed by atoms with Gasteiger partial charge in [0.05, 0.1) is 0 Å². The van der Waals surface area contributed by atoms with Gasteiger partial charge in [0.2, 0.25) is 0 Å². The lowest BCUT2D eigenvalue weighted by molar-refractivity contribution is 0.126. The molecule has 1 fully saturated rings. The van der Waals surface area contributed by atoms with Crippen molar-refractivity contribution in [1.82, 2.24) is 9.80 Å². The zero-order valence-electron chi connectivity index (χ0n) is 10.9. The van der Waals surface area contributed by atoms with Crippen molar-refractivity contribution in [2.24, 2.45) is 5.73 Å². The summed E-state index contributed by atoms with van der Waals surface area (Å²) in [5.41, 5.74) is 6.71. The number of phenolic OH excluding ortho intramolecular Hbond substituents is 1. The van der Waals surface area contributed by atoms with Gasteiger partial charge < -0.3 is 15.7 Å². The zero-order valence-corrected chi connectivity index (χ0v) is 10.9. The van der Waals surface area contributed by atoms with Crippen LogP contribution in [0.3, 0.4) is 0 Å². The van der Waals surface area contributed by atoms with Crippen molar-refractivity contribution in [1.29, 1.82) is 0 Å². The van der Waals surface area contributed by atoms with Gasteiger partial charge in [-0.25, -0.2) is 0 Å². The van der Waals surface area contributed by atoms with E-state index >= 15 is 0 Å². The molecule has 0 aromatic heterocycles. The van der Waals surface area contributed by atoms with Crippen LogP contribution in [-0.2, 0) is 6.54 Å². The van der Waals surface area contributed by atoms with Crippen molar-refractivity contribution >= 4 is 0 Å². The lowest BCUT2D eigenvalue weighted by Gasteiger charge is -2.34. The van der Waals surface area contributed by atoms with Gasteiger partial charge in [0.25, 0.3) is 0 Å². The van der Waals surface area contributed by atoms with E-state index in [0.717, 1.165) is 52.2 Å². The number of aromatic hydroxyl groups is 1. The highest BCUT2D eigenvalue weighted by molar-refractivity contribution is 5.27. The Kier molecular flexibility index (Phi) is 4.99. The Bertz CT molecular complexity index is 362. The van der Waals surface area contributed by atoms with Crippen LogP contribution >= 0.6 is 0 Å². The second-order valence-electron chi connectivity index (χ2n) is 4.93. The molecule has 1 heterocycles. The predicted molar refractivity (Wildman–Crippen MR) is 73.5 cm³/mol. The number of rotatable bonds is 5. The number of piperazine rings is 1. The summed E-state index contributed by atoms with van der Waals surface area (Å²) in [6, 6.07) is 7.54. The van der Waals surface area contributed by atoms with Crippen molar-refractivity contribution in [3.05, 3.63) is 29.8 Å². The van der Waals surface area contributed by atoms with Crippen LogP contribution < -0.4 is 5.73 Å². The first-order chi connectivity index (χ1) is 8.78. The number of nitrogens with two attached hydrogens (primary N) is 1. The highest BCUT2D eigenvalue weighted by Gasteiger charge is 2.16. The average Bonchev–Trinajstić information content (AvgIpc) is 2.38. The van der Waals surface area contributed by atoms with Crippen LogP contribution in [0.5, 0.6) is 5.75 Å². The van der Waals surface area contributed by atoms with Gasteiger partial charge in [0.15, 0.2) is 0 Å². The van der Waals surface area contributed by atoms with Gasteiger partial charge in [-0.3, -0.25) is 4.90 Å². The Morgan fingerprint density at radius 1 is 1.11 bits per heavy atom. The molecule has 1 aromatic rings. The van der Waals surface area contributed by atoms with Crippen LogP contribution in [0.2, 0.25) is 0 Å².